The average Bonchev–Trinajstić information content (AvgIpc) is 2.73. The zero-order valence-corrected chi connectivity index (χ0v) is 9.48. The van der Waals surface area contributed by atoms with Gasteiger partial charge in [-0.25, -0.2) is 8.78 Å². The van der Waals surface area contributed by atoms with Crippen molar-refractivity contribution in [3.8, 4) is 0 Å². The fourth-order valence-electron chi connectivity index (χ4n) is 2.41. The Labute approximate surface area is 93.2 Å². The smallest absolute Gasteiger partial charge is 0.162 e. The second-order valence-electron chi connectivity index (χ2n) is 4.70. The molecule has 0 spiro atoms. The van der Waals surface area contributed by atoms with Crippen LogP contribution in [0.3, 0.4) is 0 Å². The van der Waals surface area contributed by atoms with Crippen molar-refractivity contribution < 1.29 is 8.78 Å². The number of hydrogen-bond acceptors (Lipinski definition) is 0. The lowest BCUT2D eigenvalue weighted by atomic mass is 10.0. The molecule has 1 aliphatic rings. The van der Waals surface area contributed by atoms with E-state index in [4.69, 9.17) is 11.6 Å². The highest BCUT2D eigenvalue weighted by Crippen LogP contribution is 2.65. The molecule has 0 N–H and O–H groups in total. The fourth-order valence-corrected chi connectivity index (χ4v) is 2.99. The molecule has 82 valence electrons. The largest absolute Gasteiger partial charge is 0.204 e. The molecular weight excluding hydrogens is 218 g/mol. The third-order valence-corrected chi connectivity index (χ3v) is 3.87. The van der Waals surface area contributed by atoms with Crippen LogP contribution in [0.15, 0.2) is 18.2 Å². The number of benzene rings is 1. The highest BCUT2D eigenvalue weighted by molar-refractivity contribution is 6.18. The van der Waals surface area contributed by atoms with Gasteiger partial charge in [-0.15, -0.1) is 11.6 Å². The summed E-state index contributed by atoms with van der Waals surface area (Å²) < 4.78 is 26.6. The summed E-state index contributed by atoms with van der Waals surface area (Å²) in [5.74, 6) is -0.707. The third kappa shape index (κ3) is 1.55. The Kier molecular flexibility index (Phi) is 2.50. The van der Waals surface area contributed by atoms with Gasteiger partial charge in [-0.3, -0.25) is 0 Å². The highest BCUT2D eigenvalue weighted by atomic mass is 35.5. The SMILES string of the molecule is CC1(C)C(CCl)C1c1cccc(F)c1F. The van der Waals surface area contributed by atoms with Crippen LogP contribution < -0.4 is 0 Å². The van der Waals surface area contributed by atoms with Crippen LogP contribution in [0.2, 0.25) is 0 Å². The number of hydrogen-bond donors (Lipinski definition) is 0. The third-order valence-electron chi connectivity index (χ3n) is 3.53. The molecule has 0 heterocycles. The molecule has 1 aliphatic carbocycles. The van der Waals surface area contributed by atoms with Crippen LogP contribution in [0.1, 0.15) is 25.3 Å². The van der Waals surface area contributed by atoms with Gasteiger partial charge in [0.2, 0.25) is 0 Å². The van der Waals surface area contributed by atoms with Gasteiger partial charge in [0.1, 0.15) is 0 Å². The maximum absolute atomic E-state index is 13.5. The molecule has 0 aromatic heterocycles. The topological polar surface area (TPSA) is 0 Å². The van der Waals surface area contributed by atoms with Crippen molar-refractivity contribution in [1.29, 1.82) is 0 Å². The van der Waals surface area contributed by atoms with Crippen LogP contribution in [0, 0.1) is 23.0 Å². The standard InChI is InChI=1S/C12H13ClF2/c1-12(2)8(6-13)10(12)7-4-3-5-9(14)11(7)15/h3-5,8,10H,6H2,1-2H3. The molecule has 1 fully saturated rings. The lowest BCUT2D eigenvalue weighted by Gasteiger charge is -2.04. The number of rotatable bonds is 2. The molecule has 0 amide bonds. The predicted molar refractivity (Wildman–Crippen MR) is 57.1 cm³/mol. The fraction of sp³-hybridized carbons (Fsp3) is 0.500. The average molecular weight is 231 g/mol. The van der Waals surface area contributed by atoms with Gasteiger partial charge in [0.25, 0.3) is 0 Å². The molecule has 2 unspecified atom stereocenters. The second-order valence-corrected chi connectivity index (χ2v) is 5.01. The minimum Gasteiger partial charge on any atom is -0.204 e. The monoisotopic (exact) mass is 230 g/mol. The summed E-state index contributed by atoms with van der Waals surface area (Å²) in [4.78, 5) is 0. The van der Waals surface area contributed by atoms with Gasteiger partial charge >= 0.3 is 0 Å². The van der Waals surface area contributed by atoms with Gasteiger partial charge in [0, 0.05) is 5.88 Å². The van der Waals surface area contributed by atoms with Crippen molar-refractivity contribution >= 4 is 11.6 Å². The van der Waals surface area contributed by atoms with E-state index in [0.717, 1.165) is 6.07 Å². The molecule has 3 heteroatoms. The van der Waals surface area contributed by atoms with Gasteiger partial charge < -0.3 is 0 Å². The second kappa shape index (κ2) is 3.44. The van der Waals surface area contributed by atoms with Gasteiger partial charge in [-0.1, -0.05) is 26.0 Å². The first-order valence-electron chi connectivity index (χ1n) is 5.00. The zero-order chi connectivity index (χ0) is 11.2. The Morgan fingerprint density at radius 1 is 1.33 bits per heavy atom. The van der Waals surface area contributed by atoms with Gasteiger partial charge in [-0.05, 0) is 28.9 Å². The Morgan fingerprint density at radius 3 is 2.53 bits per heavy atom. The number of halogens is 3. The quantitative estimate of drug-likeness (QED) is 0.675. The van der Waals surface area contributed by atoms with Crippen LogP contribution in [0.4, 0.5) is 8.78 Å². The maximum Gasteiger partial charge on any atom is 0.162 e. The molecule has 0 saturated heterocycles. The normalized spacial score (nSPS) is 27.8. The molecule has 0 radical (unpaired) electrons. The molecule has 0 aliphatic heterocycles. The summed E-state index contributed by atoms with van der Waals surface area (Å²) in [6.45, 7) is 4.07. The van der Waals surface area contributed by atoms with Gasteiger partial charge in [0.15, 0.2) is 11.6 Å². The lowest BCUT2D eigenvalue weighted by molar-refractivity contribution is 0.492. The molecule has 0 bridgehead atoms. The van der Waals surface area contributed by atoms with Crippen molar-refractivity contribution in [1.82, 2.24) is 0 Å². The van der Waals surface area contributed by atoms with Gasteiger partial charge in [-0.2, -0.15) is 0 Å². The minimum absolute atomic E-state index is 0.0175. The van der Waals surface area contributed by atoms with Crippen LogP contribution in [0.5, 0.6) is 0 Å². The molecular formula is C12H13ClF2. The molecule has 1 saturated carbocycles. The van der Waals surface area contributed by atoms with E-state index in [1.165, 1.54) is 0 Å². The first kappa shape index (κ1) is 10.9. The van der Waals surface area contributed by atoms with Crippen molar-refractivity contribution in [3.05, 3.63) is 35.4 Å². The van der Waals surface area contributed by atoms with E-state index in [1.807, 2.05) is 13.8 Å². The maximum atomic E-state index is 13.5. The molecule has 15 heavy (non-hydrogen) atoms. The Balaban J connectivity index is 2.37. The molecule has 1 aromatic rings. The van der Waals surface area contributed by atoms with Gasteiger partial charge in [0.05, 0.1) is 0 Å². The molecule has 1 aromatic carbocycles. The summed E-state index contributed by atoms with van der Waals surface area (Å²) >= 11 is 5.80. The first-order valence-corrected chi connectivity index (χ1v) is 5.53. The van der Waals surface area contributed by atoms with E-state index in [-0.39, 0.29) is 17.3 Å². The highest BCUT2D eigenvalue weighted by Gasteiger charge is 2.58. The van der Waals surface area contributed by atoms with Crippen molar-refractivity contribution in [2.24, 2.45) is 11.3 Å². The lowest BCUT2D eigenvalue weighted by Crippen LogP contribution is -1.95. The van der Waals surface area contributed by atoms with Crippen molar-refractivity contribution in [3.63, 3.8) is 0 Å². The predicted octanol–water partition coefficient (Wildman–Crippen LogP) is 3.94. The Bertz CT molecular complexity index is 387. The van der Waals surface area contributed by atoms with Crippen LogP contribution in [-0.2, 0) is 0 Å². The Morgan fingerprint density at radius 2 is 2.00 bits per heavy atom. The Hall–Kier alpha value is -0.630. The molecule has 0 nitrogen and oxygen atoms in total. The van der Waals surface area contributed by atoms with Crippen LogP contribution >= 0.6 is 11.6 Å². The van der Waals surface area contributed by atoms with E-state index < -0.39 is 11.6 Å². The van der Waals surface area contributed by atoms with Crippen LogP contribution in [-0.4, -0.2) is 5.88 Å². The van der Waals surface area contributed by atoms with E-state index in [9.17, 15) is 8.78 Å². The van der Waals surface area contributed by atoms with E-state index in [2.05, 4.69) is 0 Å². The van der Waals surface area contributed by atoms with E-state index in [0.29, 0.717) is 11.4 Å². The van der Waals surface area contributed by atoms with Crippen molar-refractivity contribution in [2.75, 3.05) is 5.88 Å². The summed E-state index contributed by atoms with van der Waals surface area (Å²) in [5, 5.41) is 0. The summed E-state index contributed by atoms with van der Waals surface area (Å²) in [6.07, 6.45) is 0. The summed E-state index contributed by atoms with van der Waals surface area (Å²) in [7, 11) is 0. The van der Waals surface area contributed by atoms with Crippen molar-refractivity contribution in [2.45, 2.75) is 19.8 Å². The molecule has 2 rings (SSSR count). The molecule has 2 atom stereocenters. The number of alkyl halides is 1. The summed E-state index contributed by atoms with van der Waals surface area (Å²) in [5.41, 5.74) is 0.446. The van der Waals surface area contributed by atoms with Crippen LogP contribution in [0.25, 0.3) is 0 Å². The minimum atomic E-state index is -0.775. The van der Waals surface area contributed by atoms with E-state index in [1.54, 1.807) is 12.1 Å². The van der Waals surface area contributed by atoms with E-state index >= 15 is 0 Å². The zero-order valence-electron chi connectivity index (χ0n) is 8.73. The summed E-state index contributed by atoms with van der Waals surface area (Å²) in [6, 6.07) is 4.34. The first-order chi connectivity index (χ1) is 7.00.